The molecule has 0 saturated heterocycles. The Bertz CT molecular complexity index is 680. The van der Waals surface area contributed by atoms with Crippen LogP contribution in [0, 0.1) is 5.92 Å². The topological polar surface area (TPSA) is 63.7 Å². The minimum absolute atomic E-state index is 0.0606. The number of carbonyl (C=O) groups excluding carboxylic acids is 1. The molecule has 1 saturated carbocycles. The molecule has 1 aliphatic rings. The van der Waals surface area contributed by atoms with Crippen molar-refractivity contribution in [2.24, 2.45) is 5.92 Å². The molecule has 1 aromatic rings. The Balaban J connectivity index is 2.04. The van der Waals surface area contributed by atoms with E-state index in [-0.39, 0.29) is 17.6 Å². The van der Waals surface area contributed by atoms with Gasteiger partial charge in [-0.15, -0.1) is 0 Å². The van der Waals surface area contributed by atoms with Crippen LogP contribution in [0.5, 0.6) is 5.75 Å². The third-order valence-corrected chi connectivity index (χ3v) is 6.03. The number of hydrogen-bond donors (Lipinski definition) is 0. The number of hydrogen-bond acceptors (Lipinski definition) is 4. The fourth-order valence-electron chi connectivity index (χ4n) is 3.01. The standard InChI is InChI=1S/C20H31NO4S/c1-4-7-8-17(5-2)20(22)21(18-11-12-18)15-16-9-13-19(14-10-16)25-26(23,24)6-3/h9-10,13-14,17-18H,4-8,11-12,15H2,1-3H3/t17-/m0/s1. The second kappa shape index (κ2) is 9.40. The molecule has 1 atom stereocenters. The van der Waals surface area contributed by atoms with Crippen molar-refractivity contribution in [1.29, 1.82) is 0 Å². The van der Waals surface area contributed by atoms with Gasteiger partial charge in [-0.3, -0.25) is 4.79 Å². The fraction of sp³-hybridized carbons (Fsp3) is 0.650. The minimum Gasteiger partial charge on any atom is -0.382 e. The van der Waals surface area contributed by atoms with Gasteiger partial charge in [-0.25, -0.2) is 0 Å². The second-order valence-corrected chi connectivity index (χ2v) is 8.88. The van der Waals surface area contributed by atoms with Crippen LogP contribution >= 0.6 is 0 Å². The van der Waals surface area contributed by atoms with Crippen molar-refractivity contribution < 1.29 is 17.4 Å². The molecule has 5 nitrogen and oxygen atoms in total. The monoisotopic (exact) mass is 381 g/mol. The molecule has 1 aromatic carbocycles. The van der Waals surface area contributed by atoms with Crippen LogP contribution in [-0.4, -0.2) is 31.0 Å². The number of nitrogens with zero attached hydrogens (tertiary/aromatic N) is 1. The highest BCUT2D eigenvalue weighted by molar-refractivity contribution is 7.87. The van der Waals surface area contributed by atoms with E-state index in [1.807, 2.05) is 17.0 Å². The Kier molecular flexibility index (Phi) is 7.50. The molecular weight excluding hydrogens is 350 g/mol. The van der Waals surface area contributed by atoms with E-state index in [9.17, 15) is 13.2 Å². The predicted molar refractivity (Wildman–Crippen MR) is 103 cm³/mol. The van der Waals surface area contributed by atoms with Gasteiger partial charge < -0.3 is 9.08 Å². The van der Waals surface area contributed by atoms with E-state index in [0.717, 1.165) is 44.1 Å². The second-order valence-electron chi connectivity index (χ2n) is 7.02. The SMILES string of the molecule is CCCC[C@H](CC)C(=O)N(Cc1ccc(OS(=O)(=O)CC)cc1)C1CC1. The lowest BCUT2D eigenvalue weighted by molar-refractivity contribution is -0.137. The molecular formula is C20H31NO4S. The lowest BCUT2D eigenvalue weighted by atomic mass is 9.97. The summed E-state index contributed by atoms with van der Waals surface area (Å²) in [5.74, 6) is 0.619. The van der Waals surface area contributed by atoms with Crippen molar-refractivity contribution in [3.8, 4) is 5.75 Å². The van der Waals surface area contributed by atoms with Gasteiger partial charge in [0.1, 0.15) is 5.75 Å². The van der Waals surface area contributed by atoms with Crippen LogP contribution in [0.15, 0.2) is 24.3 Å². The van der Waals surface area contributed by atoms with Crippen LogP contribution in [0.1, 0.15) is 64.9 Å². The Morgan fingerprint density at radius 3 is 2.35 bits per heavy atom. The van der Waals surface area contributed by atoms with Crippen molar-refractivity contribution in [1.82, 2.24) is 4.90 Å². The molecule has 0 aliphatic heterocycles. The molecule has 0 radical (unpaired) electrons. The summed E-state index contributed by atoms with van der Waals surface area (Å²) in [5.41, 5.74) is 0.997. The van der Waals surface area contributed by atoms with Gasteiger partial charge in [0.15, 0.2) is 0 Å². The molecule has 1 amide bonds. The van der Waals surface area contributed by atoms with Crippen LogP contribution in [0.2, 0.25) is 0 Å². The maximum atomic E-state index is 13.0. The van der Waals surface area contributed by atoms with Crippen molar-refractivity contribution in [2.45, 2.75) is 71.9 Å². The summed E-state index contributed by atoms with van der Waals surface area (Å²) >= 11 is 0. The summed E-state index contributed by atoms with van der Waals surface area (Å²) in [5, 5.41) is 0. The van der Waals surface area contributed by atoms with E-state index in [1.165, 1.54) is 0 Å². The quantitative estimate of drug-likeness (QED) is 0.541. The molecule has 6 heteroatoms. The number of rotatable bonds is 11. The van der Waals surface area contributed by atoms with E-state index in [1.54, 1.807) is 19.1 Å². The van der Waals surface area contributed by atoms with Gasteiger partial charge in [0.25, 0.3) is 0 Å². The van der Waals surface area contributed by atoms with Gasteiger partial charge in [-0.05, 0) is 50.3 Å². The molecule has 0 N–H and O–H groups in total. The van der Waals surface area contributed by atoms with Crippen molar-refractivity contribution in [3.63, 3.8) is 0 Å². The molecule has 2 rings (SSSR count). The normalized spacial score (nSPS) is 15.5. The molecule has 26 heavy (non-hydrogen) atoms. The Labute approximate surface area is 157 Å². The van der Waals surface area contributed by atoms with E-state index in [2.05, 4.69) is 13.8 Å². The van der Waals surface area contributed by atoms with Gasteiger partial charge in [-0.2, -0.15) is 8.42 Å². The summed E-state index contributed by atoms with van der Waals surface area (Å²) in [6.07, 6.45) is 6.17. The lowest BCUT2D eigenvalue weighted by Crippen LogP contribution is -2.37. The van der Waals surface area contributed by atoms with Gasteiger partial charge in [-0.1, -0.05) is 38.8 Å². The van der Waals surface area contributed by atoms with Crippen LogP contribution in [0.3, 0.4) is 0 Å². The average Bonchev–Trinajstić information content (AvgIpc) is 3.46. The first-order chi connectivity index (χ1) is 12.4. The van der Waals surface area contributed by atoms with Crippen LogP contribution in [0.25, 0.3) is 0 Å². The number of unbranched alkanes of at least 4 members (excludes halogenated alkanes) is 1. The van der Waals surface area contributed by atoms with Crippen LogP contribution in [0.4, 0.5) is 0 Å². The summed E-state index contributed by atoms with van der Waals surface area (Å²) in [6.45, 7) is 6.36. The first-order valence-corrected chi connectivity index (χ1v) is 11.3. The zero-order chi connectivity index (χ0) is 19.2. The molecule has 1 fully saturated rings. The molecule has 0 spiro atoms. The maximum absolute atomic E-state index is 13.0. The highest BCUT2D eigenvalue weighted by Crippen LogP contribution is 2.31. The van der Waals surface area contributed by atoms with Crippen molar-refractivity contribution in [3.05, 3.63) is 29.8 Å². The highest BCUT2D eigenvalue weighted by Gasteiger charge is 2.35. The van der Waals surface area contributed by atoms with Crippen LogP contribution < -0.4 is 4.18 Å². The van der Waals surface area contributed by atoms with Crippen molar-refractivity contribution in [2.75, 3.05) is 5.75 Å². The summed E-state index contributed by atoms with van der Waals surface area (Å²) in [7, 11) is -3.51. The zero-order valence-corrected chi connectivity index (χ0v) is 16.9. The molecule has 0 aromatic heterocycles. The van der Waals surface area contributed by atoms with E-state index in [0.29, 0.717) is 18.3 Å². The zero-order valence-electron chi connectivity index (χ0n) is 16.1. The Morgan fingerprint density at radius 2 is 1.85 bits per heavy atom. The number of carbonyl (C=O) groups is 1. The molecule has 0 unspecified atom stereocenters. The Hall–Kier alpha value is -1.56. The van der Waals surface area contributed by atoms with Crippen LogP contribution in [-0.2, 0) is 21.5 Å². The predicted octanol–water partition coefficient (Wildman–Crippen LogP) is 4.12. The van der Waals surface area contributed by atoms with Gasteiger partial charge >= 0.3 is 10.1 Å². The molecule has 0 bridgehead atoms. The molecule has 0 heterocycles. The van der Waals surface area contributed by atoms with Gasteiger partial charge in [0.2, 0.25) is 5.91 Å². The number of amides is 1. The fourth-order valence-corrected chi connectivity index (χ4v) is 3.54. The Morgan fingerprint density at radius 1 is 1.19 bits per heavy atom. The third-order valence-electron chi connectivity index (χ3n) is 4.87. The first-order valence-electron chi connectivity index (χ1n) is 9.71. The van der Waals surface area contributed by atoms with Gasteiger partial charge in [0, 0.05) is 18.5 Å². The largest absolute Gasteiger partial charge is 0.382 e. The smallest absolute Gasteiger partial charge is 0.308 e. The minimum atomic E-state index is -3.51. The number of benzene rings is 1. The van der Waals surface area contributed by atoms with E-state index < -0.39 is 10.1 Å². The molecule has 146 valence electrons. The average molecular weight is 382 g/mol. The third kappa shape index (κ3) is 6.01. The first kappa shape index (κ1) is 20.7. The summed E-state index contributed by atoms with van der Waals surface area (Å²) < 4.78 is 28.1. The summed E-state index contributed by atoms with van der Waals surface area (Å²) in [6, 6.07) is 7.36. The van der Waals surface area contributed by atoms with E-state index in [4.69, 9.17) is 4.18 Å². The molecule has 1 aliphatic carbocycles. The summed E-state index contributed by atoms with van der Waals surface area (Å²) in [4.78, 5) is 15.0. The van der Waals surface area contributed by atoms with E-state index >= 15 is 0 Å². The van der Waals surface area contributed by atoms with Gasteiger partial charge in [0.05, 0.1) is 5.75 Å². The van der Waals surface area contributed by atoms with Crippen molar-refractivity contribution >= 4 is 16.0 Å². The highest BCUT2D eigenvalue weighted by atomic mass is 32.2. The lowest BCUT2D eigenvalue weighted by Gasteiger charge is -2.27. The maximum Gasteiger partial charge on any atom is 0.308 e.